The van der Waals surface area contributed by atoms with Gasteiger partial charge in [0.1, 0.15) is 0 Å². The van der Waals surface area contributed by atoms with Crippen molar-refractivity contribution >= 4 is 11.8 Å². The van der Waals surface area contributed by atoms with Crippen LogP contribution in [-0.4, -0.2) is 10.3 Å². The Hall–Kier alpha value is -0.810. The predicted molar refractivity (Wildman–Crippen MR) is 67.0 cm³/mol. The minimum Gasteiger partial charge on any atom is -0.280 e. The van der Waals surface area contributed by atoms with E-state index in [2.05, 4.69) is 35.1 Å². The van der Waals surface area contributed by atoms with Crippen LogP contribution in [0.25, 0.3) is 0 Å². The standard InChI is InChI=1S/C13H17NS/c1-2-15-11-10-14-9-8-12-6-4-3-5-7-13(12)14/h8-9H,2-7H2,1H3. The molecule has 0 atom stereocenters. The summed E-state index contributed by atoms with van der Waals surface area (Å²) in [5, 5.41) is 3.14. The molecular formula is C13H17NS. The molecule has 80 valence electrons. The van der Waals surface area contributed by atoms with Crippen LogP contribution in [0.3, 0.4) is 0 Å². The number of aromatic nitrogens is 1. The molecule has 0 saturated carbocycles. The lowest BCUT2D eigenvalue weighted by molar-refractivity contribution is 0.703. The van der Waals surface area contributed by atoms with Crippen molar-refractivity contribution in [1.82, 2.24) is 4.57 Å². The van der Waals surface area contributed by atoms with Crippen molar-refractivity contribution in [3.63, 3.8) is 0 Å². The molecule has 0 radical (unpaired) electrons. The summed E-state index contributed by atoms with van der Waals surface area (Å²) in [5.74, 6) is 1.07. The SMILES string of the molecule is CCSC#Cn1ccc2c1CCCCC2. The largest absolute Gasteiger partial charge is 0.280 e. The Labute approximate surface area is 96.3 Å². The van der Waals surface area contributed by atoms with Gasteiger partial charge in [0.25, 0.3) is 0 Å². The van der Waals surface area contributed by atoms with Crippen LogP contribution in [0.5, 0.6) is 0 Å². The Morgan fingerprint density at radius 1 is 1.33 bits per heavy atom. The smallest absolute Gasteiger partial charge is 0.0345 e. The van der Waals surface area contributed by atoms with E-state index < -0.39 is 0 Å². The van der Waals surface area contributed by atoms with E-state index in [-0.39, 0.29) is 0 Å². The van der Waals surface area contributed by atoms with E-state index >= 15 is 0 Å². The summed E-state index contributed by atoms with van der Waals surface area (Å²) < 4.78 is 2.13. The summed E-state index contributed by atoms with van der Waals surface area (Å²) in [6.07, 6.45) is 8.59. The minimum atomic E-state index is 1.07. The highest BCUT2D eigenvalue weighted by atomic mass is 32.2. The summed E-state index contributed by atoms with van der Waals surface area (Å²) in [7, 11) is 0. The topological polar surface area (TPSA) is 4.93 Å². The number of nitrogens with zero attached hydrogens (tertiary/aromatic N) is 1. The van der Waals surface area contributed by atoms with Crippen LogP contribution in [-0.2, 0) is 12.8 Å². The fraction of sp³-hybridized carbons (Fsp3) is 0.538. The van der Waals surface area contributed by atoms with Gasteiger partial charge in [-0.25, -0.2) is 0 Å². The number of hydrogen-bond acceptors (Lipinski definition) is 1. The maximum atomic E-state index is 3.21. The van der Waals surface area contributed by atoms with E-state index in [4.69, 9.17) is 0 Å². The second-order valence-corrected chi connectivity index (χ2v) is 4.94. The van der Waals surface area contributed by atoms with Crippen LogP contribution in [0.1, 0.15) is 37.4 Å². The summed E-state index contributed by atoms with van der Waals surface area (Å²) >= 11 is 1.68. The van der Waals surface area contributed by atoms with Gasteiger partial charge in [0.2, 0.25) is 0 Å². The average molecular weight is 219 g/mol. The molecule has 0 saturated heterocycles. The van der Waals surface area contributed by atoms with Gasteiger partial charge in [0, 0.05) is 23.7 Å². The molecule has 0 amide bonds. The molecule has 0 aliphatic heterocycles. The summed E-state index contributed by atoms with van der Waals surface area (Å²) in [6, 6.07) is 5.45. The van der Waals surface area contributed by atoms with Gasteiger partial charge in [-0.05, 0) is 42.6 Å². The van der Waals surface area contributed by atoms with E-state index in [1.54, 1.807) is 11.8 Å². The number of fused-ring (bicyclic) bond motifs is 1. The van der Waals surface area contributed by atoms with Gasteiger partial charge in [0.05, 0.1) is 0 Å². The van der Waals surface area contributed by atoms with Crippen LogP contribution in [0.4, 0.5) is 0 Å². The lowest BCUT2D eigenvalue weighted by Crippen LogP contribution is -1.96. The lowest BCUT2D eigenvalue weighted by Gasteiger charge is -2.01. The second-order valence-electron chi connectivity index (χ2n) is 3.87. The number of thioether (sulfide) groups is 1. The quantitative estimate of drug-likeness (QED) is 0.518. The molecule has 0 aromatic carbocycles. The molecular weight excluding hydrogens is 202 g/mol. The Balaban J connectivity index is 2.19. The first-order chi connectivity index (χ1) is 7.42. The monoisotopic (exact) mass is 219 g/mol. The third-order valence-corrected chi connectivity index (χ3v) is 3.35. The van der Waals surface area contributed by atoms with Crippen molar-refractivity contribution < 1.29 is 0 Å². The van der Waals surface area contributed by atoms with Gasteiger partial charge in [-0.2, -0.15) is 0 Å². The van der Waals surface area contributed by atoms with Crippen molar-refractivity contribution in [3.8, 4) is 11.3 Å². The molecule has 1 aromatic heterocycles. The number of hydrogen-bond donors (Lipinski definition) is 0. The first-order valence-corrected chi connectivity index (χ1v) is 6.72. The van der Waals surface area contributed by atoms with Crippen LogP contribution >= 0.6 is 11.8 Å². The zero-order chi connectivity index (χ0) is 10.5. The zero-order valence-electron chi connectivity index (χ0n) is 9.25. The highest BCUT2D eigenvalue weighted by Gasteiger charge is 2.10. The molecule has 1 heterocycles. The molecule has 15 heavy (non-hydrogen) atoms. The van der Waals surface area contributed by atoms with E-state index in [0.29, 0.717) is 0 Å². The first-order valence-electron chi connectivity index (χ1n) is 5.73. The average Bonchev–Trinajstić information content (AvgIpc) is 2.50. The van der Waals surface area contributed by atoms with Crippen LogP contribution in [0.15, 0.2) is 12.3 Å². The molecule has 0 bridgehead atoms. The molecule has 2 heteroatoms. The molecule has 2 rings (SSSR count). The predicted octanol–water partition coefficient (Wildman–Crippen LogP) is 3.28. The summed E-state index contributed by atoms with van der Waals surface area (Å²) in [6.45, 7) is 2.13. The Bertz CT molecular complexity index is 381. The molecule has 0 unspecified atom stereocenters. The Morgan fingerprint density at radius 3 is 3.07 bits per heavy atom. The number of aryl methyl sites for hydroxylation is 1. The normalized spacial score (nSPS) is 15.0. The molecule has 0 N–H and O–H groups in total. The van der Waals surface area contributed by atoms with Gasteiger partial charge in [-0.1, -0.05) is 25.1 Å². The molecule has 0 spiro atoms. The fourth-order valence-corrected chi connectivity index (χ4v) is 2.36. The van der Waals surface area contributed by atoms with Crippen molar-refractivity contribution in [1.29, 1.82) is 0 Å². The fourth-order valence-electron chi connectivity index (χ4n) is 2.06. The summed E-state index contributed by atoms with van der Waals surface area (Å²) in [4.78, 5) is 0. The third-order valence-electron chi connectivity index (χ3n) is 2.83. The van der Waals surface area contributed by atoms with Crippen molar-refractivity contribution in [2.75, 3.05) is 5.75 Å². The third kappa shape index (κ3) is 2.60. The molecule has 1 nitrogen and oxygen atoms in total. The molecule has 1 aromatic rings. The minimum absolute atomic E-state index is 1.07. The maximum absolute atomic E-state index is 3.21. The second kappa shape index (κ2) is 5.32. The van der Waals surface area contributed by atoms with Gasteiger partial charge >= 0.3 is 0 Å². The maximum Gasteiger partial charge on any atom is 0.0345 e. The van der Waals surface area contributed by atoms with Crippen molar-refractivity contribution in [3.05, 3.63) is 23.5 Å². The van der Waals surface area contributed by atoms with E-state index in [9.17, 15) is 0 Å². The Kier molecular flexibility index (Phi) is 3.80. The van der Waals surface area contributed by atoms with E-state index in [1.165, 1.54) is 43.4 Å². The van der Waals surface area contributed by atoms with E-state index in [1.807, 2.05) is 0 Å². The van der Waals surface area contributed by atoms with Crippen molar-refractivity contribution in [2.45, 2.75) is 39.0 Å². The van der Waals surface area contributed by atoms with Gasteiger partial charge in [-0.15, -0.1) is 0 Å². The summed E-state index contributed by atoms with van der Waals surface area (Å²) in [5.41, 5.74) is 2.97. The number of rotatable bonds is 1. The van der Waals surface area contributed by atoms with Gasteiger partial charge < -0.3 is 0 Å². The molecule has 0 fully saturated rings. The molecule has 1 aliphatic rings. The van der Waals surface area contributed by atoms with Crippen molar-refractivity contribution in [2.24, 2.45) is 0 Å². The van der Waals surface area contributed by atoms with Crippen LogP contribution in [0.2, 0.25) is 0 Å². The Morgan fingerprint density at radius 2 is 2.20 bits per heavy atom. The van der Waals surface area contributed by atoms with Crippen LogP contribution in [0, 0.1) is 11.3 Å². The first kappa shape index (κ1) is 10.7. The molecule has 1 aliphatic carbocycles. The van der Waals surface area contributed by atoms with E-state index in [0.717, 1.165) is 5.75 Å². The van der Waals surface area contributed by atoms with Crippen LogP contribution < -0.4 is 0 Å². The highest BCUT2D eigenvalue weighted by molar-refractivity contribution is 8.03. The lowest BCUT2D eigenvalue weighted by atomic mass is 10.1. The zero-order valence-corrected chi connectivity index (χ0v) is 10.1. The van der Waals surface area contributed by atoms with Gasteiger partial charge in [0.15, 0.2) is 0 Å². The highest BCUT2D eigenvalue weighted by Crippen LogP contribution is 2.21. The van der Waals surface area contributed by atoms with Gasteiger partial charge in [-0.3, -0.25) is 4.57 Å².